The third-order valence-electron chi connectivity index (χ3n) is 4.38. The first-order valence-corrected chi connectivity index (χ1v) is 8.44. The molecule has 1 aliphatic rings. The van der Waals surface area contributed by atoms with E-state index in [9.17, 15) is 14.9 Å². The van der Waals surface area contributed by atoms with E-state index in [-0.39, 0.29) is 24.1 Å². The maximum Gasteiger partial charge on any atom is 0.366 e. The topological polar surface area (TPSA) is 85.6 Å². The second kappa shape index (κ2) is 6.40. The molecule has 0 atom stereocenters. The van der Waals surface area contributed by atoms with Crippen LogP contribution in [0, 0.1) is 10.1 Å². The van der Waals surface area contributed by atoms with E-state index in [1.807, 2.05) is 24.3 Å². The number of pyridine rings is 1. The van der Waals surface area contributed by atoms with E-state index in [1.54, 1.807) is 13.8 Å². The molecule has 2 aromatic rings. The molecule has 0 N–H and O–H groups in total. The fourth-order valence-corrected chi connectivity index (χ4v) is 2.88. The maximum atomic E-state index is 12.9. The SMILES string of the molecule is CC(C)c1ccc(CN2C(=O)C(C)(C)Oc3ccc([N+](=O)[O-])nc32)cc1. The number of hydrogen-bond acceptors (Lipinski definition) is 5. The molecule has 0 aliphatic carbocycles. The molecule has 1 aliphatic heterocycles. The average molecular weight is 355 g/mol. The predicted molar refractivity (Wildman–Crippen MR) is 97.3 cm³/mol. The number of fused-ring (bicyclic) bond motifs is 1. The lowest BCUT2D eigenvalue weighted by Crippen LogP contribution is -2.52. The van der Waals surface area contributed by atoms with Gasteiger partial charge in [0.25, 0.3) is 11.7 Å². The van der Waals surface area contributed by atoms with E-state index < -0.39 is 10.5 Å². The average Bonchev–Trinajstić information content (AvgIpc) is 2.58. The maximum absolute atomic E-state index is 12.9. The molecular formula is C19H21N3O4. The third kappa shape index (κ3) is 3.24. The summed E-state index contributed by atoms with van der Waals surface area (Å²) in [5.41, 5.74) is 1.05. The van der Waals surface area contributed by atoms with Crippen LogP contribution in [0.4, 0.5) is 11.6 Å². The van der Waals surface area contributed by atoms with Crippen molar-refractivity contribution >= 4 is 17.5 Å². The van der Waals surface area contributed by atoms with Crippen LogP contribution in [0.5, 0.6) is 5.75 Å². The molecule has 0 spiro atoms. The van der Waals surface area contributed by atoms with E-state index in [1.165, 1.54) is 22.6 Å². The smallest absolute Gasteiger partial charge is 0.366 e. The minimum Gasteiger partial charge on any atom is -0.472 e. The Morgan fingerprint density at radius 2 is 1.85 bits per heavy atom. The summed E-state index contributed by atoms with van der Waals surface area (Å²) in [5.74, 6) is 0.347. The van der Waals surface area contributed by atoms with E-state index in [2.05, 4.69) is 18.8 Å². The van der Waals surface area contributed by atoms with Crippen molar-refractivity contribution in [3.05, 3.63) is 57.6 Å². The number of aromatic nitrogens is 1. The molecule has 1 aromatic carbocycles. The number of benzene rings is 1. The van der Waals surface area contributed by atoms with Gasteiger partial charge in [-0.25, -0.2) is 0 Å². The number of nitrogens with zero attached hydrogens (tertiary/aromatic N) is 3. The summed E-state index contributed by atoms with van der Waals surface area (Å²) in [6.07, 6.45) is 0. The standard InChI is InChI=1S/C19H21N3O4/c1-12(2)14-7-5-13(6-8-14)11-21-17-15(26-19(3,4)18(21)23)9-10-16(20-17)22(24)25/h5-10,12H,11H2,1-4H3. The Labute approximate surface area is 151 Å². The van der Waals surface area contributed by atoms with Gasteiger partial charge in [0.15, 0.2) is 11.4 Å². The minimum atomic E-state index is -1.07. The van der Waals surface area contributed by atoms with Crippen LogP contribution >= 0.6 is 0 Å². The first kappa shape index (κ1) is 17.8. The molecule has 3 rings (SSSR count). The Kier molecular flexibility index (Phi) is 4.39. The van der Waals surface area contributed by atoms with Gasteiger partial charge < -0.3 is 14.9 Å². The number of nitro groups is 1. The lowest BCUT2D eigenvalue weighted by Gasteiger charge is -2.35. The van der Waals surface area contributed by atoms with E-state index in [0.29, 0.717) is 11.7 Å². The van der Waals surface area contributed by atoms with Gasteiger partial charge in [-0.1, -0.05) is 38.1 Å². The quantitative estimate of drug-likeness (QED) is 0.615. The molecule has 136 valence electrons. The number of carbonyl (C=O) groups excluding carboxylic acids is 1. The molecule has 26 heavy (non-hydrogen) atoms. The normalized spacial score (nSPS) is 15.6. The molecule has 0 bridgehead atoms. The summed E-state index contributed by atoms with van der Waals surface area (Å²) in [5, 5.41) is 11.1. The van der Waals surface area contributed by atoms with Crippen molar-refractivity contribution < 1.29 is 14.5 Å². The van der Waals surface area contributed by atoms with Crippen LogP contribution in [0.3, 0.4) is 0 Å². The van der Waals surface area contributed by atoms with Crippen LogP contribution in [0.15, 0.2) is 36.4 Å². The van der Waals surface area contributed by atoms with Gasteiger partial charge in [0.1, 0.15) is 0 Å². The van der Waals surface area contributed by atoms with Crippen LogP contribution in [0.1, 0.15) is 44.7 Å². The first-order chi connectivity index (χ1) is 12.2. The summed E-state index contributed by atoms with van der Waals surface area (Å²) in [6, 6.07) is 10.7. The summed E-state index contributed by atoms with van der Waals surface area (Å²) in [7, 11) is 0. The Bertz CT molecular complexity index is 860. The molecule has 7 nitrogen and oxygen atoms in total. The number of anilines is 1. The van der Waals surface area contributed by atoms with Crippen LogP contribution in [-0.4, -0.2) is 21.4 Å². The summed E-state index contributed by atoms with van der Waals surface area (Å²) in [4.78, 5) is 28.8. The van der Waals surface area contributed by atoms with Crippen molar-refractivity contribution in [1.29, 1.82) is 0 Å². The second-order valence-electron chi connectivity index (χ2n) is 7.15. The lowest BCUT2D eigenvalue weighted by atomic mass is 10.0. The lowest BCUT2D eigenvalue weighted by molar-refractivity contribution is -0.389. The number of rotatable bonds is 4. The summed E-state index contributed by atoms with van der Waals surface area (Å²) in [6.45, 7) is 7.85. The molecule has 2 heterocycles. The fourth-order valence-electron chi connectivity index (χ4n) is 2.88. The third-order valence-corrected chi connectivity index (χ3v) is 4.38. The minimum absolute atomic E-state index is 0.177. The van der Waals surface area contributed by atoms with Crippen molar-refractivity contribution in [2.75, 3.05) is 4.90 Å². The van der Waals surface area contributed by atoms with Crippen molar-refractivity contribution in [2.24, 2.45) is 0 Å². The Balaban J connectivity index is 2.00. The molecule has 0 unspecified atom stereocenters. The van der Waals surface area contributed by atoms with E-state index in [0.717, 1.165) is 5.56 Å². The van der Waals surface area contributed by atoms with Gasteiger partial charge in [-0.05, 0) is 46.9 Å². The molecule has 0 saturated heterocycles. The Morgan fingerprint density at radius 3 is 2.42 bits per heavy atom. The molecule has 0 fully saturated rings. The van der Waals surface area contributed by atoms with Crippen molar-refractivity contribution in [1.82, 2.24) is 4.98 Å². The molecule has 7 heteroatoms. The predicted octanol–water partition coefficient (Wildman–Crippen LogP) is 3.82. The van der Waals surface area contributed by atoms with Crippen molar-refractivity contribution in [3.63, 3.8) is 0 Å². The van der Waals surface area contributed by atoms with Gasteiger partial charge in [0, 0.05) is 6.07 Å². The van der Waals surface area contributed by atoms with Crippen LogP contribution in [-0.2, 0) is 11.3 Å². The zero-order valence-electron chi connectivity index (χ0n) is 15.2. The number of amides is 1. The number of carbonyl (C=O) groups is 1. The van der Waals surface area contributed by atoms with Gasteiger partial charge in [-0.3, -0.25) is 9.69 Å². The summed E-state index contributed by atoms with van der Waals surface area (Å²) < 4.78 is 5.71. The Morgan fingerprint density at radius 1 is 1.19 bits per heavy atom. The largest absolute Gasteiger partial charge is 0.472 e. The van der Waals surface area contributed by atoms with E-state index in [4.69, 9.17) is 4.74 Å². The van der Waals surface area contributed by atoms with Crippen LogP contribution in [0.2, 0.25) is 0 Å². The molecule has 0 radical (unpaired) electrons. The van der Waals surface area contributed by atoms with Crippen molar-refractivity contribution in [3.8, 4) is 5.75 Å². The monoisotopic (exact) mass is 355 g/mol. The fraction of sp³-hybridized carbons (Fsp3) is 0.368. The number of ether oxygens (including phenoxy) is 1. The van der Waals surface area contributed by atoms with Gasteiger partial charge in [0.05, 0.1) is 6.54 Å². The molecule has 1 amide bonds. The highest BCUT2D eigenvalue weighted by Crippen LogP contribution is 2.38. The highest BCUT2D eigenvalue weighted by Gasteiger charge is 2.44. The zero-order chi connectivity index (χ0) is 19.1. The molecule has 0 saturated carbocycles. The summed E-state index contributed by atoms with van der Waals surface area (Å²) >= 11 is 0. The highest BCUT2D eigenvalue weighted by molar-refractivity contribution is 6.01. The van der Waals surface area contributed by atoms with Gasteiger partial charge in [-0.2, -0.15) is 0 Å². The van der Waals surface area contributed by atoms with Gasteiger partial charge >= 0.3 is 5.82 Å². The zero-order valence-corrected chi connectivity index (χ0v) is 15.2. The van der Waals surface area contributed by atoms with Crippen molar-refractivity contribution in [2.45, 2.75) is 45.8 Å². The van der Waals surface area contributed by atoms with Crippen LogP contribution in [0.25, 0.3) is 0 Å². The Hall–Kier alpha value is -2.96. The highest BCUT2D eigenvalue weighted by atomic mass is 16.6. The first-order valence-electron chi connectivity index (χ1n) is 8.44. The number of hydrogen-bond donors (Lipinski definition) is 0. The van der Waals surface area contributed by atoms with Gasteiger partial charge in [-0.15, -0.1) is 0 Å². The molecular weight excluding hydrogens is 334 g/mol. The molecule has 1 aromatic heterocycles. The van der Waals surface area contributed by atoms with E-state index >= 15 is 0 Å². The van der Waals surface area contributed by atoms with Gasteiger partial charge in [0.2, 0.25) is 0 Å². The second-order valence-corrected chi connectivity index (χ2v) is 7.15. The van der Waals surface area contributed by atoms with Crippen LogP contribution < -0.4 is 9.64 Å².